The maximum absolute atomic E-state index is 12.6. The van der Waals surface area contributed by atoms with E-state index >= 15 is 0 Å². The van der Waals surface area contributed by atoms with Crippen LogP contribution in [0.4, 0.5) is 11.4 Å². The standard InChI is InChI=1S/C21H22N2O3/c1-13-5-4-6-15(11-13)23-21(25)17-8-7-16(12-20(17)26-3)22-18-9-10-19(24)14(18)2/h4-8,11-12,22H,9-10H2,1-3H3,(H,23,25). The van der Waals surface area contributed by atoms with Gasteiger partial charge in [-0.2, -0.15) is 0 Å². The molecule has 0 radical (unpaired) electrons. The molecule has 0 aliphatic heterocycles. The number of carbonyl (C=O) groups is 2. The van der Waals surface area contributed by atoms with Gasteiger partial charge in [0.05, 0.1) is 12.7 Å². The molecule has 5 nitrogen and oxygen atoms in total. The van der Waals surface area contributed by atoms with Crippen LogP contribution in [0.25, 0.3) is 0 Å². The average molecular weight is 350 g/mol. The number of hydrogen-bond donors (Lipinski definition) is 2. The number of amides is 1. The summed E-state index contributed by atoms with van der Waals surface area (Å²) in [6.07, 6.45) is 1.25. The fourth-order valence-corrected chi connectivity index (χ4v) is 2.99. The van der Waals surface area contributed by atoms with Gasteiger partial charge in [-0.25, -0.2) is 0 Å². The lowest BCUT2D eigenvalue weighted by Crippen LogP contribution is -2.13. The maximum Gasteiger partial charge on any atom is 0.259 e. The van der Waals surface area contributed by atoms with Gasteiger partial charge in [0.15, 0.2) is 5.78 Å². The number of anilines is 2. The van der Waals surface area contributed by atoms with E-state index in [0.717, 1.165) is 28.2 Å². The van der Waals surface area contributed by atoms with Gasteiger partial charge in [0, 0.05) is 35.1 Å². The van der Waals surface area contributed by atoms with Crippen molar-refractivity contribution in [1.82, 2.24) is 0 Å². The number of rotatable bonds is 5. The van der Waals surface area contributed by atoms with Crippen LogP contribution in [-0.4, -0.2) is 18.8 Å². The van der Waals surface area contributed by atoms with Crippen LogP contribution in [0.1, 0.15) is 35.7 Å². The summed E-state index contributed by atoms with van der Waals surface area (Å²) in [6.45, 7) is 3.81. The van der Waals surface area contributed by atoms with E-state index in [0.29, 0.717) is 24.2 Å². The molecule has 0 saturated heterocycles. The second-order valence-corrected chi connectivity index (χ2v) is 6.39. The summed E-state index contributed by atoms with van der Waals surface area (Å²) < 4.78 is 5.40. The molecular weight excluding hydrogens is 328 g/mol. The summed E-state index contributed by atoms with van der Waals surface area (Å²) in [5.41, 5.74) is 4.75. The van der Waals surface area contributed by atoms with Gasteiger partial charge in [-0.3, -0.25) is 9.59 Å². The number of benzene rings is 2. The van der Waals surface area contributed by atoms with Crippen molar-refractivity contribution in [2.24, 2.45) is 0 Å². The molecule has 0 heterocycles. The number of allylic oxidation sites excluding steroid dienone is 2. The molecule has 2 aromatic carbocycles. The summed E-state index contributed by atoms with van der Waals surface area (Å²) >= 11 is 0. The van der Waals surface area contributed by atoms with E-state index in [9.17, 15) is 9.59 Å². The van der Waals surface area contributed by atoms with E-state index in [-0.39, 0.29) is 11.7 Å². The van der Waals surface area contributed by atoms with Crippen LogP contribution >= 0.6 is 0 Å². The van der Waals surface area contributed by atoms with E-state index < -0.39 is 0 Å². The Morgan fingerprint density at radius 1 is 1.04 bits per heavy atom. The van der Waals surface area contributed by atoms with Gasteiger partial charge in [0.25, 0.3) is 5.91 Å². The van der Waals surface area contributed by atoms with Crippen LogP contribution in [0.2, 0.25) is 0 Å². The van der Waals surface area contributed by atoms with E-state index in [1.54, 1.807) is 12.1 Å². The summed E-state index contributed by atoms with van der Waals surface area (Å²) in [7, 11) is 1.53. The SMILES string of the molecule is COc1cc(NC2=C(C)C(=O)CC2)ccc1C(=O)Nc1cccc(C)c1. The molecule has 2 aromatic rings. The fourth-order valence-electron chi connectivity index (χ4n) is 2.99. The molecular formula is C21H22N2O3. The van der Waals surface area contributed by atoms with Crippen molar-refractivity contribution in [3.63, 3.8) is 0 Å². The van der Waals surface area contributed by atoms with E-state index in [1.807, 2.05) is 44.2 Å². The van der Waals surface area contributed by atoms with Gasteiger partial charge in [0.1, 0.15) is 5.75 Å². The minimum Gasteiger partial charge on any atom is -0.496 e. The second-order valence-electron chi connectivity index (χ2n) is 6.39. The van der Waals surface area contributed by atoms with Crippen molar-refractivity contribution in [2.75, 3.05) is 17.7 Å². The number of Topliss-reactive ketones (excluding diaryl/α,β-unsaturated/α-hetero) is 1. The zero-order valence-electron chi connectivity index (χ0n) is 15.2. The van der Waals surface area contributed by atoms with Crippen LogP contribution in [0.5, 0.6) is 5.75 Å². The van der Waals surface area contributed by atoms with Crippen molar-refractivity contribution >= 4 is 23.1 Å². The summed E-state index contributed by atoms with van der Waals surface area (Å²) in [6, 6.07) is 12.9. The molecule has 26 heavy (non-hydrogen) atoms. The fraction of sp³-hybridized carbons (Fsp3) is 0.238. The van der Waals surface area contributed by atoms with Gasteiger partial charge in [-0.15, -0.1) is 0 Å². The average Bonchev–Trinajstić information content (AvgIpc) is 2.93. The molecule has 5 heteroatoms. The van der Waals surface area contributed by atoms with Crippen LogP contribution in [0, 0.1) is 6.92 Å². The van der Waals surface area contributed by atoms with Crippen molar-refractivity contribution < 1.29 is 14.3 Å². The van der Waals surface area contributed by atoms with Crippen molar-refractivity contribution in [1.29, 1.82) is 0 Å². The van der Waals surface area contributed by atoms with Crippen LogP contribution in [0.15, 0.2) is 53.7 Å². The molecule has 0 atom stereocenters. The Morgan fingerprint density at radius 3 is 2.50 bits per heavy atom. The number of methoxy groups -OCH3 is 1. The van der Waals surface area contributed by atoms with E-state index in [2.05, 4.69) is 10.6 Å². The minimum atomic E-state index is -0.231. The lowest BCUT2D eigenvalue weighted by Gasteiger charge is -2.13. The number of nitrogens with one attached hydrogen (secondary N) is 2. The summed E-state index contributed by atoms with van der Waals surface area (Å²) in [4.78, 5) is 24.3. The second kappa shape index (κ2) is 7.44. The maximum atomic E-state index is 12.6. The molecule has 1 aliphatic rings. The first-order valence-electron chi connectivity index (χ1n) is 8.54. The van der Waals surface area contributed by atoms with Gasteiger partial charge >= 0.3 is 0 Å². The smallest absolute Gasteiger partial charge is 0.259 e. The monoisotopic (exact) mass is 350 g/mol. The summed E-state index contributed by atoms with van der Waals surface area (Å²) in [5.74, 6) is 0.418. The van der Waals surface area contributed by atoms with E-state index in [1.165, 1.54) is 7.11 Å². The lowest BCUT2D eigenvalue weighted by molar-refractivity contribution is -0.114. The molecule has 3 rings (SSSR count). The highest BCUT2D eigenvalue weighted by atomic mass is 16.5. The van der Waals surface area contributed by atoms with Crippen molar-refractivity contribution in [3.05, 3.63) is 64.9 Å². The number of aryl methyl sites for hydroxylation is 1. The molecule has 1 aliphatic carbocycles. The van der Waals surface area contributed by atoms with Crippen LogP contribution in [0.3, 0.4) is 0 Å². The predicted molar refractivity (Wildman–Crippen MR) is 103 cm³/mol. The molecule has 0 spiro atoms. The molecule has 134 valence electrons. The molecule has 0 bridgehead atoms. The number of carbonyl (C=O) groups excluding carboxylic acids is 2. The third-order valence-electron chi connectivity index (χ3n) is 4.49. The number of ether oxygens (including phenoxy) is 1. The van der Waals surface area contributed by atoms with Crippen molar-refractivity contribution in [2.45, 2.75) is 26.7 Å². The topological polar surface area (TPSA) is 67.4 Å². The Morgan fingerprint density at radius 2 is 1.85 bits per heavy atom. The predicted octanol–water partition coefficient (Wildman–Crippen LogP) is 4.30. The quantitative estimate of drug-likeness (QED) is 0.843. The molecule has 0 aromatic heterocycles. The van der Waals surface area contributed by atoms with Crippen LogP contribution in [-0.2, 0) is 4.79 Å². The Kier molecular flexibility index (Phi) is 5.07. The molecule has 2 N–H and O–H groups in total. The first-order valence-corrected chi connectivity index (χ1v) is 8.54. The van der Waals surface area contributed by atoms with Gasteiger partial charge in [-0.05, 0) is 50.1 Å². The normalized spacial score (nSPS) is 13.7. The zero-order chi connectivity index (χ0) is 18.7. The first kappa shape index (κ1) is 17.7. The minimum absolute atomic E-state index is 0.175. The van der Waals surface area contributed by atoms with Gasteiger partial charge in [0.2, 0.25) is 0 Å². The van der Waals surface area contributed by atoms with Crippen LogP contribution < -0.4 is 15.4 Å². The number of hydrogen-bond acceptors (Lipinski definition) is 4. The van der Waals surface area contributed by atoms with Gasteiger partial charge in [-0.1, -0.05) is 12.1 Å². The summed E-state index contributed by atoms with van der Waals surface area (Å²) in [5, 5.41) is 6.15. The third-order valence-corrected chi connectivity index (χ3v) is 4.49. The van der Waals surface area contributed by atoms with Gasteiger partial charge < -0.3 is 15.4 Å². The highest BCUT2D eigenvalue weighted by Gasteiger charge is 2.20. The number of ketones is 1. The Labute approximate surface area is 153 Å². The molecule has 1 amide bonds. The lowest BCUT2D eigenvalue weighted by atomic mass is 10.1. The first-order chi connectivity index (χ1) is 12.5. The Bertz CT molecular complexity index is 900. The van der Waals surface area contributed by atoms with Crippen molar-refractivity contribution in [3.8, 4) is 5.75 Å². The zero-order valence-corrected chi connectivity index (χ0v) is 15.2. The highest BCUT2D eigenvalue weighted by molar-refractivity contribution is 6.06. The highest BCUT2D eigenvalue weighted by Crippen LogP contribution is 2.28. The molecule has 0 unspecified atom stereocenters. The molecule has 0 saturated carbocycles. The third kappa shape index (κ3) is 3.77. The molecule has 0 fully saturated rings. The largest absolute Gasteiger partial charge is 0.496 e. The Hall–Kier alpha value is -3.08. The van der Waals surface area contributed by atoms with E-state index in [4.69, 9.17) is 4.74 Å². The Balaban J connectivity index is 1.80.